The molecule has 0 amide bonds. The summed E-state index contributed by atoms with van der Waals surface area (Å²) in [5.41, 5.74) is 6.83. The van der Waals surface area contributed by atoms with Gasteiger partial charge >= 0.3 is 0 Å². The van der Waals surface area contributed by atoms with Crippen LogP contribution in [-0.4, -0.2) is 29.7 Å². The number of aryl methyl sites for hydroxylation is 1. The van der Waals surface area contributed by atoms with E-state index >= 15 is 0 Å². The molecule has 0 saturated carbocycles. The zero-order valence-electron chi connectivity index (χ0n) is 11.8. The Hall–Kier alpha value is -1.36. The van der Waals surface area contributed by atoms with E-state index < -0.39 is 0 Å². The number of nitrogens with one attached hydrogen (secondary N) is 1. The van der Waals surface area contributed by atoms with E-state index in [1.807, 2.05) is 6.92 Å². The van der Waals surface area contributed by atoms with E-state index in [9.17, 15) is 0 Å². The summed E-state index contributed by atoms with van der Waals surface area (Å²) in [7, 11) is 1.71. The number of anilines is 2. The van der Waals surface area contributed by atoms with Crippen molar-refractivity contribution in [2.45, 2.75) is 46.1 Å². The Balaban J connectivity index is 2.79. The smallest absolute Gasteiger partial charge is 0.134 e. The molecule has 18 heavy (non-hydrogen) atoms. The molecule has 102 valence electrons. The van der Waals surface area contributed by atoms with Gasteiger partial charge in [-0.2, -0.15) is 0 Å². The zero-order chi connectivity index (χ0) is 13.5. The number of aromatic nitrogens is 2. The van der Waals surface area contributed by atoms with E-state index in [-0.39, 0.29) is 0 Å². The van der Waals surface area contributed by atoms with Gasteiger partial charge in [0.05, 0.1) is 0 Å². The van der Waals surface area contributed by atoms with Crippen LogP contribution in [0.1, 0.15) is 38.1 Å². The third-order valence-corrected chi connectivity index (χ3v) is 2.84. The molecule has 1 aromatic heterocycles. The first-order valence-electron chi connectivity index (χ1n) is 6.46. The molecule has 3 N–H and O–H groups in total. The second kappa shape index (κ2) is 7.16. The second-order valence-corrected chi connectivity index (χ2v) is 4.58. The minimum absolute atomic E-state index is 0.299. The molecule has 0 aliphatic heterocycles. The van der Waals surface area contributed by atoms with E-state index in [0.29, 0.717) is 11.9 Å². The van der Waals surface area contributed by atoms with Gasteiger partial charge in [-0.05, 0) is 26.7 Å². The van der Waals surface area contributed by atoms with Crippen molar-refractivity contribution in [2.75, 3.05) is 24.8 Å². The SMILES string of the molecule is CCCc1nc(N)c(C)c(NC(C)CCOC)n1. The minimum Gasteiger partial charge on any atom is -0.385 e. The quantitative estimate of drug-likeness (QED) is 0.778. The molecule has 0 spiro atoms. The lowest BCUT2D eigenvalue weighted by molar-refractivity contribution is 0.191. The van der Waals surface area contributed by atoms with Crippen molar-refractivity contribution in [1.82, 2.24) is 9.97 Å². The van der Waals surface area contributed by atoms with Gasteiger partial charge in [-0.1, -0.05) is 6.92 Å². The highest BCUT2D eigenvalue weighted by Crippen LogP contribution is 2.19. The number of nitrogen functional groups attached to an aromatic ring is 1. The standard InChI is InChI=1S/C13H24N4O/c1-5-6-11-16-12(14)10(3)13(17-11)15-9(2)7-8-18-4/h9H,5-8H2,1-4H3,(H3,14,15,16,17). The van der Waals surface area contributed by atoms with E-state index in [1.54, 1.807) is 7.11 Å². The molecule has 5 heteroatoms. The van der Waals surface area contributed by atoms with E-state index in [4.69, 9.17) is 10.5 Å². The average molecular weight is 252 g/mol. The Bertz CT molecular complexity index is 381. The number of hydrogen-bond donors (Lipinski definition) is 2. The molecule has 1 unspecified atom stereocenters. The number of nitrogens with zero attached hydrogens (tertiary/aromatic N) is 2. The van der Waals surface area contributed by atoms with Gasteiger partial charge in [-0.25, -0.2) is 9.97 Å². The number of methoxy groups -OCH3 is 1. The summed E-state index contributed by atoms with van der Waals surface area (Å²) in [5, 5.41) is 3.37. The Morgan fingerprint density at radius 3 is 2.72 bits per heavy atom. The van der Waals surface area contributed by atoms with Crippen LogP contribution in [0, 0.1) is 6.92 Å². The van der Waals surface area contributed by atoms with Gasteiger partial charge in [0.15, 0.2) is 0 Å². The highest BCUT2D eigenvalue weighted by Gasteiger charge is 2.10. The average Bonchev–Trinajstić information content (AvgIpc) is 2.33. The molecule has 0 fully saturated rings. The lowest BCUT2D eigenvalue weighted by Gasteiger charge is -2.17. The molecule has 0 aliphatic carbocycles. The molecule has 0 aromatic carbocycles. The molecule has 0 radical (unpaired) electrons. The maximum absolute atomic E-state index is 5.91. The molecular formula is C13H24N4O. The highest BCUT2D eigenvalue weighted by molar-refractivity contribution is 5.55. The lowest BCUT2D eigenvalue weighted by Crippen LogP contribution is -2.20. The van der Waals surface area contributed by atoms with E-state index in [2.05, 4.69) is 29.1 Å². The van der Waals surface area contributed by atoms with Crippen molar-refractivity contribution in [1.29, 1.82) is 0 Å². The van der Waals surface area contributed by atoms with Gasteiger partial charge in [0.2, 0.25) is 0 Å². The predicted molar refractivity (Wildman–Crippen MR) is 74.8 cm³/mol. The monoisotopic (exact) mass is 252 g/mol. The minimum atomic E-state index is 0.299. The third-order valence-electron chi connectivity index (χ3n) is 2.84. The topological polar surface area (TPSA) is 73.1 Å². The van der Waals surface area contributed by atoms with Crippen molar-refractivity contribution in [3.05, 3.63) is 11.4 Å². The summed E-state index contributed by atoms with van der Waals surface area (Å²) in [4.78, 5) is 8.82. The lowest BCUT2D eigenvalue weighted by atomic mass is 10.2. The maximum atomic E-state index is 5.91. The van der Waals surface area contributed by atoms with Crippen LogP contribution < -0.4 is 11.1 Å². The summed E-state index contributed by atoms with van der Waals surface area (Å²) in [5.74, 6) is 2.21. The van der Waals surface area contributed by atoms with Gasteiger partial charge in [0, 0.05) is 31.7 Å². The van der Waals surface area contributed by atoms with Crippen molar-refractivity contribution < 1.29 is 4.74 Å². The van der Waals surface area contributed by atoms with Crippen LogP contribution in [-0.2, 0) is 11.2 Å². The molecule has 1 rings (SSSR count). The number of ether oxygens (including phenoxy) is 1. The Labute approximate surface area is 109 Å². The van der Waals surface area contributed by atoms with Crippen LogP contribution in [0.4, 0.5) is 11.6 Å². The molecule has 1 heterocycles. The largest absolute Gasteiger partial charge is 0.385 e. The summed E-state index contributed by atoms with van der Waals surface area (Å²) in [6.07, 6.45) is 2.80. The maximum Gasteiger partial charge on any atom is 0.134 e. The zero-order valence-corrected chi connectivity index (χ0v) is 11.8. The van der Waals surface area contributed by atoms with Gasteiger partial charge in [-0.15, -0.1) is 0 Å². The van der Waals surface area contributed by atoms with Crippen molar-refractivity contribution in [3.63, 3.8) is 0 Å². The van der Waals surface area contributed by atoms with Crippen LogP contribution in [0.5, 0.6) is 0 Å². The van der Waals surface area contributed by atoms with Gasteiger partial charge in [-0.3, -0.25) is 0 Å². The van der Waals surface area contributed by atoms with Gasteiger partial charge < -0.3 is 15.8 Å². The number of hydrogen-bond acceptors (Lipinski definition) is 5. The molecule has 0 saturated heterocycles. The fraction of sp³-hybridized carbons (Fsp3) is 0.692. The fourth-order valence-electron chi connectivity index (χ4n) is 1.66. The Morgan fingerprint density at radius 1 is 1.39 bits per heavy atom. The number of rotatable bonds is 7. The summed E-state index contributed by atoms with van der Waals surface area (Å²) >= 11 is 0. The Morgan fingerprint density at radius 2 is 2.11 bits per heavy atom. The van der Waals surface area contributed by atoms with Crippen LogP contribution in [0.3, 0.4) is 0 Å². The van der Waals surface area contributed by atoms with Crippen molar-refractivity contribution in [2.24, 2.45) is 0 Å². The van der Waals surface area contributed by atoms with Gasteiger partial charge in [0.25, 0.3) is 0 Å². The Kier molecular flexibility index (Phi) is 5.85. The molecule has 5 nitrogen and oxygen atoms in total. The van der Waals surface area contributed by atoms with Crippen molar-refractivity contribution in [3.8, 4) is 0 Å². The first kappa shape index (κ1) is 14.7. The molecule has 0 aliphatic rings. The molecule has 1 aromatic rings. The first-order chi connectivity index (χ1) is 8.58. The summed E-state index contributed by atoms with van der Waals surface area (Å²) in [6, 6.07) is 0.299. The van der Waals surface area contributed by atoms with E-state index in [0.717, 1.165) is 43.1 Å². The number of nitrogens with two attached hydrogens (primary N) is 1. The highest BCUT2D eigenvalue weighted by atomic mass is 16.5. The van der Waals surface area contributed by atoms with Crippen molar-refractivity contribution >= 4 is 11.6 Å². The van der Waals surface area contributed by atoms with E-state index in [1.165, 1.54) is 0 Å². The molecule has 0 bridgehead atoms. The normalized spacial score (nSPS) is 12.4. The van der Waals surface area contributed by atoms with Crippen LogP contribution in [0.25, 0.3) is 0 Å². The fourth-order valence-corrected chi connectivity index (χ4v) is 1.66. The third kappa shape index (κ3) is 4.14. The second-order valence-electron chi connectivity index (χ2n) is 4.58. The van der Waals surface area contributed by atoms with Crippen LogP contribution >= 0.6 is 0 Å². The van der Waals surface area contributed by atoms with Crippen LogP contribution in [0.2, 0.25) is 0 Å². The van der Waals surface area contributed by atoms with Crippen LogP contribution in [0.15, 0.2) is 0 Å². The summed E-state index contributed by atoms with van der Waals surface area (Å²) in [6.45, 7) is 6.88. The van der Waals surface area contributed by atoms with Gasteiger partial charge in [0.1, 0.15) is 17.5 Å². The summed E-state index contributed by atoms with van der Waals surface area (Å²) < 4.78 is 5.07. The predicted octanol–water partition coefficient (Wildman–Crippen LogP) is 2.16. The molecular weight excluding hydrogens is 228 g/mol. The molecule has 1 atom stereocenters. The first-order valence-corrected chi connectivity index (χ1v) is 6.46.